The van der Waals surface area contributed by atoms with Gasteiger partial charge in [0.25, 0.3) is 0 Å². The molecule has 2 aliphatic heterocycles. The van der Waals surface area contributed by atoms with Crippen LogP contribution in [0.1, 0.15) is 40.5 Å². The molecule has 0 radical (unpaired) electrons. The predicted octanol–water partition coefficient (Wildman–Crippen LogP) is 5.80. The summed E-state index contributed by atoms with van der Waals surface area (Å²) in [5, 5.41) is 0. The van der Waals surface area contributed by atoms with Crippen molar-refractivity contribution >= 4 is 51.0 Å². The van der Waals surface area contributed by atoms with E-state index in [0.717, 1.165) is 32.4 Å². The molecule has 43 heavy (non-hydrogen) atoms. The normalized spacial score (nSPS) is 25.0. The molecule has 3 atom stereocenters. The van der Waals surface area contributed by atoms with Crippen molar-refractivity contribution in [2.24, 2.45) is 17.8 Å². The van der Waals surface area contributed by atoms with Gasteiger partial charge in [0.2, 0.25) is 17.7 Å². The lowest BCUT2D eigenvalue weighted by Crippen LogP contribution is -2.41. The Bertz CT molecular complexity index is 1720. The zero-order chi connectivity index (χ0) is 29.4. The van der Waals surface area contributed by atoms with Crippen LogP contribution in [0.2, 0.25) is 0 Å². The molecule has 7 nitrogen and oxygen atoms in total. The summed E-state index contributed by atoms with van der Waals surface area (Å²) >= 11 is 3.39. The Hall–Kier alpha value is -4.56. The minimum atomic E-state index is -0.598. The van der Waals surface area contributed by atoms with Gasteiger partial charge in [0, 0.05) is 35.0 Å². The highest BCUT2D eigenvalue weighted by Gasteiger charge is 2.61. The Morgan fingerprint density at radius 1 is 0.674 bits per heavy atom. The molecule has 2 bridgehead atoms. The lowest BCUT2D eigenvalue weighted by atomic mass is 9.55. The number of halogens is 1. The molecule has 0 unspecified atom stereocenters. The third-order valence-corrected chi connectivity index (χ3v) is 9.89. The Morgan fingerprint density at radius 3 is 1.67 bits per heavy atom. The van der Waals surface area contributed by atoms with Gasteiger partial charge in [-0.05, 0) is 70.8 Å². The summed E-state index contributed by atoms with van der Waals surface area (Å²) in [5.41, 5.74) is 5.69. The molecule has 2 fully saturated rings. The molecule has 4 aromatic rings. The van der Waals surface area contributed by atoms with Crippen molar-refractivity contribution in [2.75, 3.05) is 16.3 Å². The van der Waals surface area contributed by atoms with E-state index in [1.165, 1.54) is 4.90 Å². The molecule has 0 aromatic heterocycles. The highest BCUT2D eigenvalue weighted by atomic mass is 79.9. The van der Waals surface area contributed by atoms with Crippen molar-refractivity contribution in [1.82, 2.24) is 0 Å². The van der Waals surface area contributed by atoms with E-state index in [9.17, 15) is 19.2 Å². The van der Waals surface area contributed by atoms with Crippen LogP contribution in [0.3, 0.4) is 0 Å². The molecule has 4 aromatic carbocycles. The van der Waals surface area contributed by atoms with Crippen LogP contribution < -0.4 is 14.5 Å². The van der Waals surface area contributed by atoms with Crippen LogP contribution in [0.5, 0.6) is 5.75 Å². The molecule has 3 amide bonds. The number of esters is 1. The smallest absolute Gasteiger partial charge is 0.316 e. The molecule has 9 rings (SSSR count). The maximum Gasteiger partial charge on any atom is 0.316 e. The molecule has 8 heteroatoms. The first-order chi connectivity index (χ1) is 20.9. The van der Waals surface area contributed by atoms with Crippen LogP contribution >= 0.6 is 15.9 Å². The molecular weight excluding hydrogens is 608 g/mol. The minimum Gasteiger partial charge on any atom is -0.426 e. The number of anilines is 2. The standard InChI is InChI=1S/C35H25BrN2O5/c36-20-9-11-21(12-10-20)37-18-19(17-28(37)39)35(42)43-23-15-13-22(14-16-23)38-33(40)31-29-24-5-1-2-6-25(24)30(32(31)34(38)41)27-8-4-3-7-26(27)29/h1-16,19,29-32H,17-18H2/t19-,29?,30?,31-,32+/m1/s1. The average Bonchev–Trinajstić information content (AvgIpc) is 3.55. The fraction of sp³-hybridized carbons (Fsp3) is 0.200. The van der Waals surface area contributed by atoms with Crippen LogP contribution in [0.15, 0.2) is 102 Å². The average molecular weight is 633 g/mol. The van der Waals surface area contributed by atoms with Crippen molar-refractivity contribution in [3.05, 3.63) is 124 Å². The zero-order valence-electron chi connectivity index (χ0n) is 22.9. The van der Waals surface area contributed by atoms with E-state index in [4.69, 9.17) is 4.74 Å². The Morgan fingerprint density at radius 2 is 1.16 bits per heavy atom. The second-order valence-electron chi connectivity index (χ2n) is 11.6. The number of imide groups is 1. The summed E-state index contributed by atoms with van der Waals surface area (Å²) in [4.78, 5) is 56.4. The molecule has 0 N–H and O–H groups in total. The topological polar surface area (TPSA) is 84.0 Å². The third kappa shape index (κ3) is 3.93. The van der Waals surface area contributed by atoms with Gasteiger partial charge in [0.05, 0.1) is 23.4 Å². The predicted molar refractivity (Wildman–Crippen MR) is 163 cm³/mol. The number of carbonyl (C=O) groups is 4. The largest absolute Gasteiger partial charge is 0.426 e. The van der Waals surface area contributed by atoms with Gasteiger partial charge >= 0.3 is 5.97 Å². The zero-order valence-corrected chi connectivity index (χ0v) is 24.4. The minimum absolute atomic E-state index is 0.0691. The van der Waals surface area contributed by atoms with Crippen molar-refractivity contribution in [1.29, 1.82) is 0 Å². The van der Waals surface area contributed by atoms with Gasteiger partial charge in [-0.3, -0.25) is 19.2 Å². The number of ether oxygens (including phenoxy) is 1. The van der Waals surface area contributed by atoms with Gasteiger partial charge in [-0.15, -0.1) is 0 Å². The third-order valence-electron chi connectivity index (χ3n) is 9.36. The lowest BCUT2D eigenvalue weighted by Gasteiger charge is -2.45. The number of hydrogen-bond donors (Lipinski definition) is 0. The Kier molecular flexibility index (Phi) is 5.91. The van der Waals surface area contributed by atoms with Crippen molar-refractivity contribution in [2.45, 2.75) is 18.3 Å². The van der Waals surface area contributed by atoms with Gasteiger partial charge in [-0.25, -0.2) is 4.90 Å². The second-order valence-corrected chi connectivity index (χ2v) is 12.5. The fourth-order valence-electron chi connectivity index (χ4n) is 7.53. The number of nitrogens with zero attached hydrogens (tertiary/aromatic N) is 2. The first-order valence-corrected chi connectivity index (χ1v) is 15.1. The maximum absolute atomic E-state index is 14.0. The number of benzene rings is 4. The summed E-state index contributed by atoms with van der Waals surface area (Å²) in [7, 11) is 0. The SMILES string of the molecule is O=C(Oc1ccc(N2C(=O)[C@@H]3C4c5ccccc5C(c5ccccc54)[C@@H]3C2=O)cc1)[C@@H]1CC(=O)N(c2ccc(Br)cc2)C1. The van der Waals surface area contributed by atoms with Crippen LogP contribution in [0.4, 0.5) is 11.4 Å². The summed E-state index contributed by atoms with van der Waals surface area (Å²) in [6, 6.07) is 30.1. The molecule has 3 aliphatic carbocycles. The lowest BCUT2D eigenvalue weighted by molar-refractivity contribution is -0.139. The number of rotatable bonds is 4. The van der Waals surface area contributed by atoms with Crippen molar-refractivity contribution in [3.63, 3.8) is 0 Å². The van der Waals surface area contributed by atoms with Crippen LogP contribution in [0, 0.1) is 17.8 Å². The highest BCUT2D eigenvalue weighted by Crippen LogP contribution is 2.61. The van der Waals surface area contributed by atoms with Gasteiger partial charge in [0.15, 0.2) is 0 Å². The van der Waals surface area contributed by atoms with E-state index in [0.29, 0.717) is 11.4 Å². The van der Waals surface area contributed by atoms with Crippen LogP contribution in [0.25, 0.3) is 0 Å². The van der Waals surface area contributed by atoms with E-state index >= 15 is 0 Å². The van der Waals surface area contributed by atoms with Crippen molar-refractivity contribution in [3.8, 4) is 5.75 Å². The van der Waals surface area contributed by atoms with Gasteiger partial charge in [-0.1, -0.05) is 64.5 Å². The van der Waals surface area contributed by atoms with Crippen molar-refractivity contribution < 1.29 is 23.9 Å². The molecule has 0 saturated carbocycles. The molecular formula is C35H25BrN2O5. The van der Waals surface area contributed by atoms with E-state index in [1.807, 2.05) is 48.5 Å². The first kappa shape index (κ1) is 26.1. The molecule has 2 saturated heterocycles. The Labute approximate surface area is 256 Å². The molecule has 5 aliphatic rings. The van der Waals surface area contributed by atoms with Gasteiger partial charge in [0.1, 0.15) is 5.75 Å². The van der Waals surface area contributed by atoms with Crippen LogP contribution in [-0.4, -0.2) is 30.2 Å². The summed E-state index contributed by atoms with van der Waals surface area (Å²) < 4.78 is 6.53. The molecule has 212 valence electrons. The molecule has 2 heterocycles. The van der Waals surface area contributed by atoms with Gasteiger partial charge < -0.3 is 9.64 Å². The van der Waals surface area contributed by atoms with Crippen LogP contribution in [-0.2, 0) is 19.2 Å². The van der Waals surface area contributed by atoms with Gasteiger partial charge in [-0.2, -0.15) is 0 Å². The molecule has 0 spiro atoms. The van der Waals surface area contributed by atoms with E-state index in [-0.39, 0.29) is 42.5 Å². The first-order valence-electron chi connectivity index (χ1n) is 14.3. The monoisotopic (exact) mass is 632 g/mol. The van der Waals surface area contributed by atoms with E-state index in [1.54, 1.807) is 29.2 Å². The Balaban J connectivity index is 1.02. The summed E-state index contributed by atoms with van der Waals surface area (Å²) in [6.07, 6.45) is 0.0691. The fourth-order valence-corrected chi connectivity index (χ4v) is 7.79. The maximum atomic E-state index is 14.0. The number of hydrogen-bond acceptors (Lipinski definition) is 5. The quantitative estimate of drug-likeness (QED) is 0.161. The second kappa shape index (κ2) is 9.74. The van der Waals surface area contributed by atoms with E-state index in [2.05, 4.69) is 40.2 Å². The summed E-state index contributed by atoms with van der Waals surface area (Å²) in [5.74, 6) is -2.60. The van der Waals surface area contributed by atoms with E-state index < -0.39 is 23.7 Å². The highest BCUT2D eigenvalue weighted by molar-refractivity contribution is 9.10. The summed E-state index contributed by atoms with van der Waals surface area (Å²) in [6.45, 7) is 0.240. The number of amides is 3. The number of carbonyl (C=O) groups excluding carboxylic acids is 4.